The Kier molecular flexibility index (Phi) is 7.29. The molecule has 1 saturated heterocycles. The molecular weight excluding hydrogens is 492 g/mol. The van der Waals surface area contributed by atoms with Gasteiger partial charge in [-0.3, -0.25) is 14.1 Å². The fourth-order valence-electron chi connectivity index (χ4n) is 4.52. The first kappa shape index (κ1) is 25.3. The summed E-state index contributed by atoms with van der Waals surface area (Å²) in [5.74, 6) is -2.36. The number of hydrogen-bond acceptors (Lipinski definition) is 7. The molecule has 4 N–H and O–H groups in total. The smallest absolute Gasteiger partial charge is 0.241 e. The summed E-state index contributed by atoms with van der Waals surface area (Å²) >= 11 is 0. The summed E-state index contributed by atoms with van der Waals surface area (Å²) in [6.07, 6.45) is 6.26. The molecule has 1 aliphatic rings. The zero-order chi connectivity index (χ0) is 26.6. The number of anilines is 3. The first-order valence-corrected chi connectivity index (χ1v) is 12.2. The predicted octanol–water partition coefficient (Wildman–Crippen LogP) is 3.03. The summed E-state index contributed by atoms with van der Waals surface area (Å²) in [5, 5.41) is 11.9. The van der Waals surface area contributed by atoms with Crippen LogP contribution in [0, 0.1) is 11.6 Å². The van der Waals surface area contributed by atoms with Gasteiger partial charge in [-0.1, -0.05) is 18.2 Å². The van der Waals surface area contributed by atoms with E-state index in [2.05, 4.69) is 20.2 Å². The molecule has 0 unspecified atom stereocenters. The van der Waals surface area contributed by atoms with Crippen molar-refractivity contribution in [3.05, 3.63) is 78.3 Å². The molecule has 5 rings (SSSR count). The van der Waals surface area contributed by atoms with E-state index in [1.807, 2.05) is 30.3 Å². The first-order chi connectivity index (χ1) is 18.4. The van der Waals surface area contributed by atoms with E-state index >= 15 is 8.78 Å². The van der Waals surface area contributed by atoms with Crippen LogP contribution in [0.5, 0.6) is 0 Å². The number of primary amides is 1. The molecule has 3 heterocycles. The van der Waals surface area contributed by atoms with E-state index in [9.17, 15) is 4.79 Å². The number of carbonyl (C=O) groups is 1. The molecule has 4 aromatic rings. The van der Waals surface area contributed by atoms with Gasteiger partial charge in [0, 0.05) is 50.6 Å². The van der Waals surface area contributed by atoms with Gasteiger partial charge in [-0.2, -0.15) is 4.98 Å². The van der Waals surface area contributed by atoms with Gasteiger partial charge in [0.1, 0.15) is 12.0 Å². The van der Waals surface area contributed by atoms with Crippen molar-refractivity contribution >= 4 is 35.0 Å². The number of nitrogens with zero attached hydrogens (tertiary/aromatic N) is 5. The molecule has 9 nitrogen and oxygen atoms in total. The minimum atomic E-state index is -1.01. The molecule has 1 fully saturated rings. The van der Waals surface area contributed by atoms with Gasteiger partial charge in [0.15, 0.2) is 11.6 Å². The van der Waals surface area contributed by atoms with Crippen LogP contribution >= 0.6 is 0 Å². The van der Waals surface area contributed by atoms with Crippen LogP contribution in [0.3, 0.4) is 0 Å². The van der Waals surface area contributed by atoms with E-state index in [4.69, 9.17) is 10.8 Å². The number of nitrogens with two attached hydrogens (primary N) is 1. The zero-order valence-corrected chi connectivity index (χ0v) is 20.5. The molecule has 38 heavy (non-hydrogen) atoms. The van der Waals surface area contributed by atoms with E-state index < -0.39 is 17.5 Å². The van der Waals surface area contributed by atoms with E-state index in [0.717, 1.165) is 16.7 Å². The first-order valence-electron chi connectivity index (χ1n) is 12.2. The molecule has 0 spiro atoms. The summed E-state index contributed by atoms with van der Waals surface area (Å²) < 4.78 is 31.8. The van der Waals surface area contributed by atoms with E-state index in [1.165, 1.54) is 12.1 Å². The van der Waals surface area contributed by atoms with Crippen LogP contribution < -0.4 is 16.0 Å². The molecule has 11 heteroatoms. The lowest BCUT2D eigenvalue weighted by Gasteiger charge is -2.36. The summed E-state index contributed by atoms with van der Waals surface area (Å²) in [4.78, 5) is 23.7. The van der Waals surface area contributed by atoms with Crippen LogP contribution in [0.15, 0.2) is 61.1 Å². The van der Waals surface area contributed by atoms with Crippen molar-refractivity contribution in [1.82, 2.24) is 19.3 Å². The zero-order valence-electron chi connectivity index (χ0n) is 20.5. The predicted molar refractivity (Wildman–Crippen MR) is 142 cm³/mol. The van der Waals surface area contributed by atoms with Gasteiger partial charge in [-0.15, -0.1) is 0 Å². The lowest BCUT2D eigenvalue weighted by molar-refractivity contribution is -0.113. The standard InChI is InChI=1S/C27H27F2N7O2/c28-24-21(5-6-22(25(24)29)35-12-10-34(11-13-35)14-15-37)32-27-31-17-36-9-8-20(26(36)33-27)19-3-1-2-18(16-19)4-7-23(30)38/h1-9,16-17,37H,10-15H2,(H2,30,38)(H,32,33). The molecule has 0 saturated carbocycles. The monoisotopic (exact) mass is 519 g/mol. The molecule has 2 aromatic carbocycles. The van der Waals surface area contributed by atoms with Gasteiger partial charge >= 0.3 is 0 Å². The second-order valence-corrected chi connectivity index (χ2v) is 8.94. The number of aromatic nitrogens is 3. The topological polar surface area (TPSA) is 112 Å². The highest BCUT2D eigenvalue weighted by molar-refractivity contribution is 5.90. The SMILES string of the molecule is NC(=O)C=Cc1cccc(-c2ccn3cnc(Nc4ccc(N5CCN(CCO)CC5)c(F)c4F)nc23)c1. The number of amides is 1. The Morgan fingerprint density at radius 3 is 2.68 bits per heavy atom. The van der Waals surface area contributed by atoms with Crippen molar-refractivity contribution in [2.24, 2.45) is 5.73 Å². The highest BCUT2D eigenvalue weighted by Gasteiger charge is 2.23. The molecule has 1 amide bonds. The number of nitrogens with one attached hydrogen (secondary N) is 1. The van der Waals surface area contributed by atoms with E-state index in [0.29, 0.717) is 38.4 Å². The number of aliphatic hydroxyl groups is 1. The van der Waals surface area contributed by atoms with Crippen LogP contribution in [-0.4, -0.2) is 69.6 Å². The van der Waals surface area contributed by atoms with Gasteiger partial charge in [0.25, 0.3) is 0 Å². The number of rotatable bonds is 8. The number of halogens is 2. The van der Waals surface area contributed by atoms with Gasteiger partial charge in [-0.05, 0) is 41.5 Å². The largest absolute Gasteiger partial charge is 0.395 e. The van der Waals surface area contributed by atoms with Crippen molar-refractivity contribution in [2.75, 3.05) is 49.5 Å². The lowest BCUT2D eigenvalue weighted by atomic mass is 10.1. The third-order valence-electron chi connectivity index (χ3n) is 6.48. The summed E-state index contributed by atoms with van der Waals surface area (Å²) in [7, 11) is 0. The Labute approximate surface area is 217 Å². The fraction of sp³-hybridized carbons (Fsp3) is 0.222. The van der Waals surface area contributed by atoms with E-state index in [1.54, 1.807) is 34.0 Å². The van der Waals surface area contributed by atoms with Crippen LogP contribution in [0.25, 0.3) is 22.9 Å². The van der Waals surface area contributed by atoms with Gasteiger partial charge in [-0.25, -0.2) is 13.8 Å². The molecule has 0 atom stereocenters. The molecule has 0 aliphatic carbocycles. The van der Waals surface area contributed by atoms with Crippen molar-refractivity contribution < 1.29 is 18.7 Å². The second-order valence-electron chi connectivity index (χ2n) is 8.94. The van der Waals surface area contributed by atoms with Gasteiger partial charge in [0.05, 0.1) is 18.0 Å². The minimum absolute atomic E-state index is 0.0683. The van der Waals surface area contributed by atoms with Crippen LogP contribution in [0.4, 0.5) is 26.1 Å². The number of β-amino-alcohol motifs (C(OH)–C–C–N with tert-alkyl or cyclic N) is 1. The number of carbonyl (C=O) groups excluding carboxylic acids is 1. The Bertz CT molecular complexity index is 1500. The second kappa shape index (κ2) is 11.0. The average Bonchev–Trinajstić information content (AvgIpc) is 3.35. The number of piperazine rings is 1. The van der Waals surface area contributed by atoms with Crippen LogP contribution in [0.2, 0.25) is 0 Å². The number of hydrogen-bond donors (Lipinski definition) is 3. The van der Waals surface area contributed by atoms with Crippen molar-refractivity contribution in [3.63, 3.8) is 0 Å². The number of benzene rings is 2. The number of aliphatic hydroxyl groups excluding tert-OH is 1. The minimum Gasteiger partial charge on any atom is -0.395 e. The quantitative estimate of drug-likeness (QED) is 0.307. The normalized spacial score (nSPS) is 14.4. The van der Waals surface area contributed by atoms with Crippen molar-refractivity contribution in [2.45, 2.75) is 0 Å². The Hall–Kier alpha value is -4.35. The van der Waals surface area contributed by atoms with Gasteiger partial charge < -0.3 is 21.1 Å². The maximum Gasteiger partial charge on any atom is 0.241 e. The van der Waals surface area contributed by atoms with Crippen LogP contribution in [0.1, 0.15) is 5.56 Å². The number of fused-ring (bicyclic) bond motifs is 1. The lowest BCUT2D eigenvalue weighted by Crippen LogP contribution is -2.47. The molecule has 0 bridgehead atoms. The summed E-state index contributed by atoms with van der Waals surface area (Å²) in [6, 6.07) is 12.4. The molecule has 0 radical (unpaired) electrons. The molecule has 2 aromatic heterocycles. The third-order valence-corrected chi connectivity index (χ3v) is 6.48. The molecule has 1 aliphatic heterocycles. The van der Waals surface area contributed by atoms with E-state index in [-0.39, 0.29) is 23.9 Å². The van der Waals surface area contributed by atoms with Crippen molar-refractivity contribution in [3.8, 4) is 11.1 Å². The van der Waals surface area contributed by atoms with Gasteiger partial charge in [0.2, 0.25) is 11.9 Å². The van der Waals surface area contributed by atoms with Crippen LogP contribution in [-0.2, 0) is 4.79 Å². The Morgan fingerprint density at radius 2 is 1.92 bits per heavy atom. The fourth-order valence-corrected chi connectivity index (χ4v) is 4.52. The van der Waals surface area contributed by atoms with Crippen molar-refractivity contribution in [1.29, 1.82) is 0 Å². The average molecular weight is 520 g/mol. The Morgan fingerprint density at radius 1 is 1.11 bits per heavy atom. The highest BCUT2D eigenvalue weighted by Crippen LogP contribution is 2.30. The third kappa shape index (κ3) is 5.34. The summed E-state index contributed by atoms with van der Waals surface area (Å²) in [6.45, 7) is 3.06. The maximum atomic E-state index is 15.1. The Balaban J connectivity index is 1.38. The molecular formula is C27H27F2N7O2. The summed E-state index contributed by atoms with van der Waals surface area (Å²) in [5.41, 5.74) is 8.33. The highest BCUT2D eigenvalue weighted by atomic mass is 19.2. The molecule has 196 valence electrons. The maximum absolute atomic E-state index is 15.1.